The Morgan fingerprint density at radius 1 is 1.48 bits per heavy atom. The Morgan fingerprint density at radius 2 is 2.14 bits per heavy atom. The zero-order valence-electron chi connectivity index (χ0n) is 10.5. The van der Waals surface area contributed by atoms with Gasteiger partial charge in [-0.3, -0.25) is 9.40 Å². The second kappa shape index (κ2) is 5.34. The molecule has 0 bridgehead atoms. The molecule has 0 unspecified atom stereocenters. The van der Waals surface area contributed by atoms with Gasteiger partial charge >= 0.3 is 5.97 Å². The van der Waals surface area contributed by atoms with Gasteiger partial charge in [-0.25, -0.2) is 17.6 Å². The van der Waals surface area contributed by atoms with E-state index in [0.717, 1.165) is 23.0 Å². The van der Waals surface area contributed by atoms with Crippen molar-refractivity contribution in [1.82, 2.24) is 9.78 Å². The summed E-state index contributed by atoms with van der Waals surface area (Å²) in [5.41, 5.74) is -0.351. The molecule has 7 nitrogen and oxygen atoms in total. The maximum atomic E-state index is 13.7. The smallest absolute Gasteiger partial charge is 0.341 e. The highest BCUT2D eigenvalue weighted by Gasteiger charge is 2.24. The molecule has 10 heteroatoms. The number of aryl methyl sites for hydroxylation is 1. The summed E-state index contributed by atoms with van der Waals surface area (Å²) in [5.74, 6) is -2.69. The second-order valence-electron chi connectivity index (χ2n) is 4.02. The van der Waals surface area contributed by atoms with Gasteiger partial charge in [0.1, 0.15) is 16.3 Å². The van der Waals surface area contributed by atoms with Gasteiger partial charge in [0.2, 0.25) is 0 Å². The Bertz CT molecular complexity index is 819. The predicted octanol–water partition coefficient (Wildman–Crippen LogP) is 1.71. The molecule has 0 radical (unpaired) electrons. The molecule has 2 rings (SSSR count). The lowest BCUT2D eigenvalue weighted by atomic mass is 10.3. The van der Waals surface area contributed by atoms with Crippen molar-refractivity contribution >= 4 is 33.4 Å². The van der Waals surface area contributed by atoms with Gasteiger partial charge in [-0.2, -0.15) is 5.10 Å². The van der Waals surface area contributed by atoms with Crippen LogP contribution in [0.1, 0.15) is 10.4 Å². The van der Waals surface area contributed by atoms with E-state index in [9.17, 15) is 17.6 Å². The van der Waals surface area contributed by atoms with Crippen LogP contribution in [0.15, 0.2) is 29.3 Å². The van der Waals surface area contributed by atoms with Crippen molar-refractivity contribution in [3.05, 3.63) is 40.8 Å². The summed E-state index contributed by atoms with van der Waals surface area (Å²) in [5, 5.41) is 12.6. The molecule has 2 N–H and O–H groups in total. The van der Waals surface area contributed by atoms with Crippen molar-refractivity contribution in [2.24, 2.45) is 7.05 Å². The van der Waals surface area contributed by atoms with Crippen LogP contribution in [-0.2, 0) is 17.1 Å². The molecular formula is C11H9ClFN3O4S. The third-order valence-corrected chi connectivity index (χ3v) is 4.19. The number of carboxylic acid groups (broad SMARTS) is 1. The Balaban J connectivity index is 2.47. The number of aromatic nitrogens is 2. The van der Waals surface area contributed by atoms with Gasteiger partial charge in [0.05, 0.1) is 6.20 Å². The molecule has 2 aromatic rings. The minimum Gasteiger partial charge on any atom is -0.477 e. The first-order chi connectivity index (χ1) is 9.72. The molecule has 0 saturated heterocycles. The normalized spacial score (nSPS) is 11.4. The molecular weight excluding hydrogens is 325 g/mol. The number of benzene rings is 1. The molecule has 1 aromatic carbocycles. The number of carbonyl (C=O) groups is 1. The largest absolute Gasteiger partial charge is 0.477 e. The highest BCUT2D eigenvalue weighted by atomic mass is 35.5. The van der Waals surface area contributed by atoms with Crippen LogP contribution in [0.5, 0.6) is 0 Å². The van der Waals surface area contributed by atoms with E-state index < -0.39 is 26.7 Å². The van der Waals surface area contributed by atoms with E-state index in [-0.39, 0.29) is 16.4 Å². The van der Waals surface area contributed by atoms with E-state index in [1.165, 1.54) is 13.1 Å². The Morgan fingerprint density at radius 3 is 2.71 bits per heavy atom. The van der Waals surface area contributed by atoms with Gasteiger partial charge in [0.25, 0.3) is 10.0 Å². The Kier molecular flexibility index (Phi) is 3.88. The molecule has 112 valence electrons. The van der Waals surface area contributed by atoms with Crippen LogP contribution in [0.2, 0.25) is 5.02 Å². The van der Waals surface area contributed by atoms with E-state index in [0.29, 0.717) is 0 Å². The minimum atomic E-state index is -4.32. The number of hydrogen-bond donors (Lipinski definition) is 2. The fourth-order valence-electron chi connectivity index (χ4n) is 1.59. The van der Waals surface area contributed by atoms with Crippen molar-refractivity contribution in [2.45, 2.75) is 4.90 Å². The molecule has 0 aliphatic heterocycles. The SMILES string of the molecule is Cn1ncc(C(=O)O)c1NS(=O)(=O)c1ccc(Cl)cc1F. The lowest BCUT2D eigenvalue weighted by Crippen LogP contribution is -2.18. The van der Waals surface area contributed by atoms with Crippen LogP contribution in [0, 0.1) is 5.82 Å². The van der Waals surface area contributed by atoms with E-state index in [4.69, 9.17) is 16.7 Å². The minimum absolute atomic E-state index is 0.0400. The summed E-state index contributed by atoms with van der Waals surface area (Å²) in [7, 11) is -2.97. The number of nitrogens with one attached hydrogen (secondary N) is 1. The Hall–Kier alpha value is -2.13. The highest BCUT2D eigenvalue weighted by molar-refractivity contribution is 7.92. The first-order valence-corrected chi connectivity index (χ1v) is 7.31. The zero-order valence-corrected chi connectivity index (χ0v) is 12.1. The molecule has 1 heterocycles. The monoisotopic (exact) mass is 333 g/mol. The van der Waals surface area contributed by atoms with Crippen LogP contribution in [0.4, 0.5) is 10.2 Å². The summed E-state index contributed by atoms with van der Waals surface area (Å²) in [6, 6.07) is 3.04. The average Bonchev–Trinajstić information content (AvgIpc) is 2.70. The van der Waals surface area contributed by atoms with Crippen LogP contribution in [0.3, 0.4) is 0 Å². The van der Waals surface area contributed by atoms with Gasteiger partial charge in [-0.15, -0.1) is 0 Å². The molecule has 0 fully saturated rings. The fourth-order valence-corrected chi connectivity index (χ4v) is 2.92. The molecule has 0 atom stereocenters. The van der Waals surface area contributed by atoms with Crippen LogP contribution in [0.25, 0.3) is 0 Å². The highest BCUT2D eigenvalue weighted by Crippen LogP contribution is 2.23. The standard InChI is InChI=1S/C11H9ClFN3O4S/c1-16-10(7(5-14-16)11(17)18)15-21(19,20)9-3-2-6(12)4-8(9)13/h2-5,15H,1H3,(H,17,18). The molecule has 0 aliphatic rings. The summed E-state index contributed by atoms with van der Waals surface area (Å²) in [6.07, 6.45) is 0.985. The number of halogens is 2. The number of hydrogen-bond acceptors (Lipinski definition) is 4. The summed E-state index contributed by atoms with van der Waals surface area (Å²) >= 11 is 5.55. The van der Waals surface area contributed by atoms with Crippen LogP contribution >= 0.6 is 11.6 Å². The number of sulfonamides is 1. The lowest BCUT2D eigenvalue weighted by Gasteiger charge is -2.10. The van der Waals surface area contributed by atoms with Crippen molar-refractivity contribution in [1.29, 1.82) is 0 Å². The van der Waals surface area contributed by atoms with Crippen molar-refractivity contribution in [2.75, 3.05) is 4.72 Å². The maximum absolute atomic E-state index is 13.7. The fraction of sp³-hybridized carbons (Fsp3) is 0.0909. The van der Waals surface area contributed by atoms with E-state index >= 15 is 0 Å². The molecule has 0 amide bonds. The van der Waals surface area contributed by atoms with Gasteiger partial charge in [-0.1, -0.05) is 11.6 Å². The lowest BCUT2D eigenvalue weighted by molar-refractivity contribution is 0.0698. The van der Waals surface area contributed by atoms with Crippen molar-refractivity contribution in [3.8, 4) is 0 Å². The quantitative estimate of drug-likeness (QED) is 0.887. The number of carboxylic acids is 1. The summed E-state index contributed by atoms with van der Waals surface area (Å²) in [6.45, 7) is 0. The summed E-state index contributed by atoms with van der Waals surface area (Å²) < 4.78 is 41.0. The van der Waals surface area contributed by atoms with Gasteiger partial charge in [0, 0.05) is 12.1 Å². The molecule has 21 heavy (non-hydrogen) atoms. The molecule has 0 saturated carbocycles. The van der Waals surface area contributed by atoms with Crippen molar-refractivity contribution in [3.63, 3.8) is 0 Å². The topological polar surface area (TPSA) is 101 Å². The maximum Gasteiger partial charge on any atom is 0.341 e. The summed E-state index contributed by atoms with van der Waals surface area (Å²) in [4.78, 5) is 10.3. The Labute approximate surface area is 124 Å². The van der Waals surface area contributed by atoms with Gasteiger partial charge in [-0.05, 0) is 18.2 Å². The van der Waals surface area contributed by atoms with E-state index in [2.05, 4.69) is 5.10 Å². The number of nitrogens with zero attached hydrogens (tertiary/aromatic N) is 2. The number of rotatable bonds is 4. The average molecular weight is 334 g/mol. The van der Waals surface area contributed by atoms with Gasteiger partial charge < -0.3 is 5.11 Å². The molecule has 0 spiro atoms. The zero-order chi connectivity index (χ0) is 15.8. The van der Waals surface area contributed by atoms with Crippen molar-refractivity contribution < 1.29 is 22.7 Å². The second-order valence-corrected chi connectivity index (χ2v) is 6.10. The van der Waals surface area contributed by atoms with Crippen LogP contribution < -0.4 is 4.72 Å². The third-order valence-electron chi connectivity index (χ3n) is 2.58. The first kappa shape index (κ1) is 15.3. The van der Waals surface area contributed by atoms with E-state index in [1.54, 1.807) is 0 Å². The van der Waals surface area contributed by atoms with Gasteiger partial charge in [0.15, 0.2) is 5.82 Å². The third kappa shape index (κ3) is 2.98. The predicted molar refractivity (Wildman–Crippen MR) is 72.4 cm³/mol. The first-order valence-electron chi connectivity index (χ1n) is 5.45. The van der Waals surface area contributed by atoms with Crippen LogP contribution in [-0.4, -0.2) is 29.3 Å². The number of anilines is 1. The molecule has 1 aromatic heterocycles. The molecule has 0 aliphatic carbocycles. The number of aromatic carboxylic acids is 1. The van der Waals surface area contributed by atoms with E-state index in [1.807, 2.05) is 4.72 Å².